The van der Waals surface area contributed by atoms with Gasteiger partial charge in [-0.25, -0.2) is 4.98 Å². The normalized spacial score (nSPS) is 20.6. The van der Waals surface area contributed by atoms with E-state index in [4.69, 9.17) is 4.74 Å². The van der Waals surface area contributed by atoms with E-state index >= 15 is 0 Å². The molecule has 0 bridgehead atoms. The Morgan fingerprint density at radius 3 is 2.88 bits per heavy atom. The zero-order chi connectivity index (χ0) is 17.1. The predicted octanol–water partition coefficient (Wildman–Crippen LogP) is 2.03. The molecule has 0 aromatic carbocycles. The fourth-order valence-corrected chi connectivity index (χ4v) is 3.02. The number of nitrogens with one attached hydrogen (secondary N) is 1. The maximum absolute atomic E-state index is 12.9. The molecule has 1 aliphatic heterocycles. The molecule has 24 heavy (non-hydrogen) atoms. The molecule has 6 heteroatoms. The van der Waals surface area contributed by atoms with Gasteiger partial charge in [-0.05, 0) is 51.2 Å². The minimum Gasteiger partial charge on any atom is -0.475 e. The quantitative estimate of drug-likeness (QED) is 0.866. The van der Waals surface area contributed by atoms with Crippen LogP contribution in [0.3, 0.4) is 0 Å². The summed E-state index contributed by atoms with van der Waals surface area (Å²) in [5, 5.41) is 2.84. The molecule has 2 aliphatic rings. The molecule has 0 unspecified atom stereocenters. The highest BCUT2D eigenvalue weighted by molar-refractivity contribution is 5.89. The lowest BCUT2D eigenvalue weighted by Gasteiger charge is -2.30. The molecule has 0 radical (unpaired) electrons. The maximum atomic E-state index is 12.9. The molecule has 130 valence electrons. The summed E-state index contributed by atoms with van der Waals surface area (Å²) in [5.74, 6) is 0.595. The molecule has 2 heterocycles. The van der Waals surface area contributed by atoms with E-state index in [1.807, 2.05) is 30.9 Å². The van der Waals surface area contributed by atoms with Crippen LogP contribution >= 0.6 is 0 Å². The standard InChI is InChI=1S/C18H25N3O3/c1-12(2)24-17-10-13(8-9-19-17)11-21(14-6-7-14)18(23)15-4-3-5-16(22)20-15/h8-10,12,14-15H,3-7,11H2,1-2H3,(H,20,22)/t15-/m1/s1. The molecule has 6 nitrogen and oxygen atoms in total. The molecule has 1 saturated heterocycles. The largest absolute Gasteiger partial charge is 0.475 e. The number of hydrogen-bond acceptors (Lipinski definition) is 4. The SMILES string of the molecule is CC(C)Oc1cc(CN(C(=O)[C@H]2CCCC(=O)N2)C2CC2)ccn1. The zero-order valence-corrected chi connectivity index (χ0v) is 14.3. The number of carbonyl (C=O) groups excluding carboxylic acids is 2. The average molecular weight is 331 g/mol. The Balaban J connectivity index is 1.70. The molecule has 3 rings (SSSR count). The molecule has 2 amide bonds. The summed E-state index contributed by atoms with van der Waals surface area (Å²) < 4.78 is 5.63. The van der Waals surface area contributed by atoms with Crippen LogP contribution in [0.2, 0.25) is 0 Å². The van der Waals surface area contributed by atoms with Crippen molar-refractivity contribution in [2.75, 3.05) is 0 Å². The molecular formula is C18H25N3O3. The van der Waals surface area contributed by atoms with E-state index in [1.54, 1.807) is 6.20 Å². The van der Waals surface area contributed by atoms with E-state index in [2.05, 4.69) is 10.3 Å². The Morgan fingerprint density at radius 1 is 1.42 bits per heavy atom. The molecule has 1 aromatic heterocycles. The predicted molar refractivity (Wildman–Crippen MR) is 89.4 cm³/mol. The van der Waals surface area contributed by atoms with Gasteiger partial charge in [0.2, 0.25) is 17.7 Å². The highest BCUT2D eigenvalue weighted by Gasteiger charge is 2.37. The number of piperidine rings is 1. The van der Waals surface area contributed by atoms with Crippen molar-refractivity contribution in [2.45, 2.75) is 70.7 Å². The van der Waals surface area contributed by atoms with Crippen LogP contribution in [0.4, 0.5) is 0 Å². The number of hydrogen-bond donors (Lipinski definition) is 1. The molecule has 1 N–H and O–H groups in total. The zero-order valence-electron chi connectivity index (χ0n) is 14.3. The van der Waals surface area contributed by atoms with Gasteiger partial charge in [-0.1, -0.05) is 0 Å². The second-order valence-electron chi connectivity index (χ2n) is 6.88. The summed E-state index contributed by atoms with van der Waals surface area (Å²) in [4.78, 5) is 30.6. The van der Waals surface area contributed by atoms with Crippen molar-refractivity contribution >= 4 is 11.8 Å². The van der Waals surface area contributed by atoms with E-state index in [9.17, 15) is 9.59 Å². The summed E-state index contributed by atoms with van der Waals surface area (Å²) >= 11 is 0. The summed E-state index contributed by atoms with van der Waals surface area (Å²) in [7, 11) is 0. The Morgan fingerprint density at radius 2 is 2.21 bits per heavy atom. The van der Waals surface area contributed by atoms with Crippen LogP contribution in [0.25, 0.3) is 0 Å². The molecule has 0 spiro atoms. The van der Waals surface area contributed by atoms with Gasteiger partial charge in [-0.15, -0.1) is 0 Å². The summed E-state index contributed by atoms with van der Waals surface area (Å²) in [6.07, 6.45) is 5.87. The van der Waals surface area contributed by atoms with Gasteiger partial charge in [0.05, 0.1) is 6.10 Å². The van der Waals surface area contributed by atoms with Crippen molar-refractivity contribution in [1.29, 1.82) is 0 Å². The molecule has 1 atom stereocenters. The third-order valence-corrected chi connectivity index (χ3v) is 4.31. The lowest BCUT2D eigenvalue weighted by Crippen LogP contribution is -2.51. The first-order valence-corrected chi connectivity index (χ1v) is 8.74. The van der Waals surface area contributed by atoms with Crippen LogP contribution in [0, 0.1) is 0 Å². The van der Waals surface area contributed by atoms with E-state index in [-0.39, 0.29) is 24.0 Å². The van der Waals surface area contributed by atoms with E-state index in [0.29, 0.717) is 24.9 Å². The van der Waals surface area contributed by atoms with Gasteiger partial charge < -0.3 is 15.0 Å². The second-order valence-corrected chi connectivity index (χ2v) is 6.88. The number of aromatic nitrogens is 1. The van der Waals surface area contributed by atoms with Crippen LogP contribution in [0.1, 0.15) is 51.5 Å². The van der Waals surface area contributed by atoms with Gasteiger partial charge in [0, 0.05) is 31.3 Å². The van der Waals surface area contributed by atoms with Crippen LogP contribution in [0.15, 0.2) is 18.3 Å². The van der Waals surface area contributed by atoms with Crippen molar-refractivity contribution < 1.29 is 14.3 Å². The van der Waals surface area contributed by atoms with E-state index in [0.717, 1.165) is 31.2 Å². The number of pyridine rings is 1. The van der Waals surface area contributed by atoms with Crippen LogP contribution in [-0.2, 0) is 16.1 Å². The third kappa shape index (κ3) is 4.24. The van der Waals surface area contributed by atoms with Gasteiger partial charge in [0.25, 0.3) is 0 Å². The summed E-state index contributed by atoms with van der Waals surface area (Å²) in [6.45, 7) is 4.45. The summed E-state index contributed by atoms with van der Waals surface area (Å²) in [6, 6.07) is 3.72. The number of nitrogens with zero attached hydrogens (tertiary/aromatic N) is 2. The van der Waals surface area contributed by atoms with Crippen molar-refractivity contribution in [3.63, 3.8) is 0 Å². The minimum atomic E-state index is -0.375. The van der Waals surface area contributed by atoms with Gasteiger partial charge in [0.15, 0.2) is 0 Å². The molecule has 1 saturated carbocycles. The average Bonchev–Trinajstić information content (AvgIpc) is 3.36. The molecule has 1 aliphatic carbocycles. The fraction of sp³-hybridized carbons (Fsp3) is 0.611. The highest BCUT2D eigenvalue weighted by atomic mass is 16.5. The number of carbonyl (C=O) groups is 2. The van der Waals surface area contributed by atoms with Crippen LogP contribution in [0.5, 0.6) is 5.88 Å². The number of ether oxygens (including phenoxy) is 1. The van der Waals surface area contributed by atoms with Crippen LogP contribution in [-0.4, -0.2) is 39.9 Å². The Labute approximate surface area is 142 Å². The lowest BCUT2D eigenvalue weighted by molar-refractivity contribution is -0.139. The first kappa shape index (κ1) is 16.7. The molecule has 1 aromatic rings. The topological polar surface area (TPSA) is 71.5 Å². The Kier molecular flexibility index (Phi) is 5.02. The van der Waals surface area contributed by atoms with E-state index in [1.165, 1.54) is 0 Å². The van der Waals surface area contributed by atoms with Gasteiger partial charge in [-0.2, -0.15) is 0 Å². The molecule has 2 fully saturated rings. The van der Waals surface area contributed by atoms with Crippen molar-refractivity contribution in [3.05, 3.63) is 23.9 Å². The lowest BCUT2D eigenvalue weighted by atomic mass is 10.0. The third-order valence-electron chi connectivity index (χ3n) is 4.31. The summed E-state index contributed by atoms with van der Waals surface area (Å²) in [5.41, 5.74) is 1.00. The van der Waals surface area contributed by atoms with Crippen molar-refractivity contribution in [3.8, 4) is 5.88 Å². The van der Waals surface area contributed by atoms with Gasteiger partial charge >= 0.3 is 0 Å². The first-order chi connectivity index (χ1) is 11.5. The fourth-order valence-electron chi connectivity index (χ4n) is 3.02. The van der Waals surface area contributed by atoms with Crippen LogP contribution < -0.4 is 10.1 Å². The number of rotatable bonds is 6. The van der Waals surface area contributed by atoms with Gasteiger partial charge in [-0.3, -0.25) is 9.59 Å². The second kappa shape index (κ2) is 7.20. The van der Waals surface area contributed by atoms with Crippen molar-refractivity contribution in [1.82, 2.24) is 15.2 Å². The maximum Gasteiger partial charge on any atom is 0.245 e. The number of amides is 2. The Bertz CT molecular complexity index is 613. The molecular weight excluding hydrogens is 306 g/mol. The minimum absolute atomic E-state index is 0.0214. The highest BCUT2D eigenvalue weighted by Crippen LogP contribution is 2.30. The van der Waals surface area contributed by atoms with Gasteiger partial charge in [0.1, 0.15) is 6.04 Å². The van der Waals surface area contributed by atoms with E-state index < -0.39 is 0 Å². The van der Waals surface area contributed by atoms with Crippen molar-refractivity contribution in [2.24, 2.45) is 0 Å². The first-order valence-electron chi connectivity index (χ1n) is 8.74. The Hall–Kier alpha value is -2.11. The smallest absolute Gasteiger partial charge is 0.245 e. The monoisotopic (exact) mass is 331 g/mol.